The maximum atomic E-state index is 9.08. The predicted molar refractivity (Wildman–Crippen MR) is 63.1 cm³/mol. The molecular weight excluding hydrogens is 200 g/mol. The minimum Gasteiger partial charge on any atom is -0.396 e. The van der Waals surface area contributed by atoms with E-state index in [1.54, 1.807) is 0 Å². The van der Waals surface area contributed by atoms with Crippen LogP contribution in [0.15, 0.2) is 0 Å². The van der Waals surface area contributed by atoms with Gasteiger partial charge in [-0.3, -0.25) is 0 Å². The Balaban J connectivity index is 1.82. The van der Waals surface area contributed by atoms with Crippen molar-refractivity contribution < 1.29 is 9.84 Å². The van der Waals surface area contributed by atoms with Crippen molar-refractivity contribution in [2.75, 3.05) is 13.7 Å². The summed E-state index contributed by atoms with van der Waals surface area (Å²) in [4.78, 5) is 0. The largest absolute Gasteiger partial charge is 0.396 e. The number of aliphatic hydroxyl groups excluding tert-OH is 1. The Hall–Kier alpha value is -0.0800. The van der Waals surface area contributed by atoms with Gasteiger partial charge in [0.25, 0.3) is 0 Å². The van der Waals surface area contributed by atoms with Crippen LogP contribution in [0.4, 0.5) is 0 Å². The van der Waals surface area contributed by atoms with Gasteiger partial charge in [0.05, 0.1) is 5.60 Å². The summed E-state index contributed by atoms with van der Waals surface area (Å²) >= 11 is 0. The molecule has 4 aliphatic carbocycles. The van der Waals surface area contributed by atoms with Crippen LogP contribution in [0, 0.1) is 23.7 Å². The Morgan fingerprint density at radius 1 is 1.06 bits per heavy atom. The quantitative estimate of drug-likeness (QED) is 0.795. The van der Waals surface area contributed by atoms with Gasteiger partial charge in [-0.25, -0.2) is 0 Å². The van der Waals surface area contributed by atoms with Crippen molar-refractivity contribution >= 4 is 0 Å². The molecule has 0 aromatic heterocycles. The number of hydrogen-bond donors (Lipinski definition) is 1. The second-order valence-corrected chi connectivity index (χ2v) is 6.29. The van der Waals surface area contributed by atoms with Gasteiger partial charge in [0.2, 0.25) is 0 Å². The predicted octanol–water partition coefficient (Wildman–Crippen LogP) is 2.60. The Morgan fingerprint density at radius 3 is 2.06 bits per heavy atom. The highest BCUT2D eigenvalue weighted by atomic mass is 16.5. The summed E-state index contributed by atoms with van der Waals surface area (Å²) in [6, 6.07) is 0. The van der Waals surface area contributed by atoms with Crippen LogP contribution in [0.5, 0.6) is 0 Å². The van der Waals surface area contributed by atoms with E-state index in [4.69, 9.17) is 9.84 Å². The van der Waals surface area contributed by atoms with Crippen LogP contribution in [-0.4, -0.2) is 24.4 Å². The van der Waals surface area contributed by atoms with E-state index in [0.717, 1.165) is 36.5 Å². The first-order valence-corrected chi connectivity index (χ1v) is 6.94. The number of rotatable bonds is 4. The first-order valence-electron chi connectivity index (χ1n) is 6.94. The summed E-state index contributed by atoms with van der Waals surface area (Å²) in [6.45, 7) is 0.317. The molecule has 4 saturated carbocycles. The Morgan fingerprint density at radius 2 is 1.62 bits per heavy atom. The topological polar surface area (TPSA) is 29.5 Å². The third-order valence-corrected chi connectivity index (χ3v) is 5.63. The Labute approximate surface area is 98.4 Å². The first kappa shape index (κ1) is 11.0. The average molecular weight is 224 g/mol. The van der Waals surface area contributed by atoms with E-state index < -0.39 is 0 Å². The number of ether oxygens (including phenoxy) is 1. The molecule has 2 heteroatoms. The minimum atomic E-state index is 0.135. The average Bonchev–Trinajstić information content (AvgIpc) is 2.28. The van der Waals surface area contributed by atoms with Crippen molar-refractivity contribution in [3.8, 4) is 0 Å². The monoisotopic (exact) mass is 224 g/mol. The van der Waals surface area contributed by atoms with Crippen molar-refractivity contribution in [3.05, 3.63) is 0 Å². The van der Waals surface area contributed by atoms with Crippen molar-refractivity contribution in [1.29, 1.82) is 0 Å². The molecule has 0 atom stereocenters. The van der Waals surface area contributed by atoms with Crippen molar-refractivity contribution in [2.45, 2.75) is 50.5 Å². The Bertz CT molecular complexity index is 233. The van der Waals surface area contributed by atoms with Crippen molar-refractivity contribution in [3.63, 3.8) is 0 Å². The van der Waals surface area contributed by atoms with E-state index in [0.29, 0.717) is 6.61 Å². The second kappa shape index (κ2) is 3.99. The first-order chi connectivity index (χ1) is 7.78. The molecule has 4 aliphatic rings. The van der Waals surface area contributed by atoms with E-state index >= 15 is 0 Å². The fourth-order valence-corrected chi connectivity index (χ4v) is 5.18. The fourth-order valence-electron chi connectivity index (χ4n) is 5.18. The summed E-state index contributed by atoms with van der Waals surface area (Å²) in [5.74, 6) is 3.58. The highest BCUT2D eigenvalue weighted by molar-refractivity contribution is 5.07. The van der Waals surface area contributed by atoms with Crippen LogP contribution < -0.4 is 0 Å². The number of aliphatic hydroxyl groups is 1. The molecule has 0 heterocycles. The summed E-state index contributed by atoms with van der Waals surface area (Å²) in [5.41, 5.74) is 0.135. The zero-order valence-electron chi connectivity index (χ0n) is 10.3. The van der Waals surface area contributed by atoms with Gasteiger partial charge in [-0.2, -0.15) is 0 Å². The standard InChI is InChI=1S/C14H24O2/c1-16-14(3-2-4-15)12-6-10-5-11(8-12)9-13(14)7-10/h10-13,15H,2-9H2,1H3. The molecule has 4 rings (SSSR count). The van der Waals surface area contributed by atoms with Crippen LogP contribution in [0.25, 0.3) is 0 Å². The molecule has 92 valence electrons. The van der Waals surface area contributed by atoms with Gasteiger partial charge >= 0.3 is 0 Å². The van der Waals surface area contributed by atoms with Crippen LogP contribution in [0.3, 0.4) is 0 Å². The van der Waals surface area contributed by atoms with Crippen molar-refractivity contribution in [1.82, 2.24) is 0 Å². The lowest BCUT2D eigenvalue weighted by Crippen LogP contribution is -2.58. The lowest BCUT2D eigenvalue weighted by molar-refractivity contribution is -0.195. The van der Waals surface area contributed by atoms with Crippen LogP contribution in [-0.2, 0) is 4.74 Å². The van der Waals surface area contributed by atoms with Gasteiger partial charge in [-0.05, 0) is 68.6 Å². The molecule has 0 radical (unpaired) electrons. The lowest BCUT2D eigenvalue weighted by atomic mass is 9.49. The molecule has 0 unspecified atom stereocenters. The van der Waals surface area contributed by atoms with Crippen molar-refractivity contribution in [2.24, 2.45) is 23.7 Å². The van der Waals surface area contributed by atoms with Crippen LogP contribution in [0.1, 0.15) is 44.9 Å². The molecule has 0 aliphatic heterocycles. The minimum absolute atomic E-state index is 0.135. The highest BCUT2D eigenvalue weighted by Gasteiger charge is 2.56. The summed E-state index contributed by atoms with van der Waals surface area (Å²) in [7, 11) is 1.90. The molecule has 0 aromatic rings. The maximum Gasteiger partial charge on any atom is 0.0736 e. The molecule has 0 amide bonds. The Kier molecular flexibility index (Phi) is 2.75. The summed E-state index contributed by atoms with van der Waals surface area (Å²) in [5, 5.41) is 9.08. The SMILES string of the molecule is COC1(CCCO)C2CC3CC(C2)CC1C3. The normalized spacial score (nSPS) is 49.9. The number of hydrogen-bond acceptors (Lipinski definition) is 2. The molecule has 0 aromatic carbocycles. The third-order valence-electron chi connectivity index (χ3n) is 5.63. The molecule has 1 N–H and O–H groups in total. The fraction of sp³-hybridized carbons (Fsp3) is 1.00. The molecule has 0 spiro atoms. The lowest BCUT2D eigenvalue weighted by Gasteiger charge is -2.60. The van der Waals surface area contributed by atoms with Gasteiger partial charge in [0.1, 0.15) is 0 Å². The van der Waals surface area contributed by atoms with E-state index in [1.807, 2.05) is 7.11 Å². The van der Waals surface area contributed by atoms with Gasteiger partial charge in [0, 0.05) is 13.7 Å². The maximum absolute atomic E-state index is 9.08. The molecular formula is C14H24O2. The van der Waals surface area contributed by atoms with E-state index in [-0.39, 0.29) is 5.60 Å². The van der Waals surface area contributed by atoms with E-state index in [1.165, 1.54) is 32.1 Å². The van der Waals surface area contributed by atoms with Gasteiger partial charge in [-0.15, -0.1) is 0 Å². The zero-order valence-corrected chi connectivity index (χ0v) is 10.3. The molecule has 0 saturated heterocycles. The second-order valence-electron chi connectivity index (χ2n) is 6.29. The van der Waals surface area contributed by atoms with Crippen LogP contribution in [0.2, 0.25) is 0 Å². The van der Waals surface area contributed by atoms with Gasteiger partial charge < -0.3 is 9.84 Å². The molecule has 2 nitrogen and oxygen atoms in total. The van der Waals surface area contributed by atoms with Crippen LogP contribution >= 0.6 is 0 Å². The van der Waals surface area contributed by atoms with E-state index in [2.05, 4.69) is 0 Å². The number of methoxy groups -OCH3 is 1. The van der Waals surface area contributed by atoms with Gasteiger partial charge in [0.15, 0.2) is 0 Å². The highest BCUT2D eigenvalue weighted by Crippen LogP contribution is 2.60. The summed E-state index contributed by atoms with van der Waals surface area (Å²) < 4.78 is 6.01. The smallest absolute Gasteiger partial charge is 0.0736 e. The zero-order chi connectivity index (χ0) is 11.2. The third kappa shape index (κ3) is 1.46. The molecule has 4 fully saturated rings. The molecule has 16 heavy (non-hydrogen) atoms. The van der Waals surface area contributed by atoms with Gasteiger partial charge in [-0.1, -0.05) is 0 Å². The van der Waals surface area contributed by atoms with E-state index in [9.17, 15) is 0 Å². The molecule has 4 bridgehead atoms. The summed E-state index contributed by atoms with van der Waals surface area (Å²) in [6.07, 6.45) is 9.06.